The molecule has 0 spiro atoms. The predicted molar refractivity (Wildman–Crippen MR) is 130 cm³/mol. The van der Waals surface area contributed by atoms with E-state index in [1.54, 1.807) is 17.9 Å². The van der Waals surface area contributed by atoms with Crippen molar-refractivity contribution in [2.75, 3.05) is 0 Å². The molecule has 0 fully saturated rings. The highest BCUT2D eigenvalue weighted by Gasteiger charge is 2.26. The van der Waals surface area contributed by atoms with Crippen molar-refractivity contribution in [3.8, 4) is 11.4 Å². The van der Waals surface area contributed by atoms with Gasteiger partial charge in [-0.05, 0) is 58.2 Å². The number of nitrogens with zero attached hydrogens (tertiary/aromatic N) is 7. The minimum atomic E-state index is -0.411. The van der Waals surface area contributed by atoms with Gasteiger partial charge in [-0.3, -0.25) is 9.59 Å². The molecule has 0 aliphatic heterocycles. The average molecular weight is 496 g/mol. The number of aryl methyl sites for hydroxylation is 2. The SMILES string of the molecule is Cn1nnnc1-c1ccc2c(c1)CC[C@@H]2NC(=O)c1cc(C(=O)NCc2ccc3cnoc3c2)ncn1. The Morgan fingerprint density at radius 1 is 1.08 bits per heavy atom. The molecule has 1 atom stereocenters. The average Bonchev–Trinajstić information content (AvgIpc) is 3.66. The maximum Gasteiger partial charge on any atom is 0.270 e. The van der Waals surface area contributed by atoms with Crippen molar-refractivity contribution in [2.24, 2.45) is 7.05 Å². The maximum atomic E-state index is 13.0. The Balaban J connectivity index is 1.12. The third kappa shape index (κ3) is 4.40. The Morgan fingerprint density at radius 2 is 1.95 bits per heavy atom. The molecule has 0 bridgehead atoms. The summed E-state index contributed by atoms with van der Waals surface area (Å²) in [6.45, 7) is 0.270. The standard InChI is InChI=1S/C25H21N9O3/c1-34-23(31-32-33-34)16-4-6-18-15(9-16)5-7-19(18)30-25(36)21-10-20(27-13-28-21)24(35)26-11-14-2-3-17-12-29-37-22(17)8-14/h2-4,6,8-10,12-13,19H,5,7,11H2,1H3,(H,26,35)(H,30,36)/t19-/m0/s1. The van der Waals surface area contributed by atoms with Crippen molar-refractivity contribution >= 4 is 22.8 Å². The fourth-order valence-corrected chi connectivity index (χ4v) is 4.51. The van der Waals surface area contributed by atoms with E-state index in [0.29, 0.717) is 11.4 Å². The van der Waals surface area contributed by atoms with E-state index in [2.05, 4.69) is 47.4 Å². The molecule has 0 saturated heterocycles. The Bertz CT molecular complexity index is 1640. The predicted octanol–water partition coefficient (Wildman–Crippen LogP) is 2.16. The van der Waals surface area contributed by atoms with E-state index in [1.807, 2.05) is 30.3 Å². The van der Waals surface area contributed by atoms with Crippen LogP contribution < -0.4 is 10.6 Å². The minimum Gasteiger partial charge on any atom is -0.356 e. The molecule has 184 valence electrons. The van der Waals surface area contributed by atoms with Crippen molar-refractivity contribution in [1.82, 2.24) is 46.0 Å². The Labute approximate surface area is 210 Å². The number of carbonyl (C=O) groups excluding carboxylic acids is 2. The molecule has 6 rings (SSSR count). The summed E-state index contributed by atoms with van der Waals surface area (Å²) in [7, 11) is 1.79. The van der Waals surface area contributed by atoms with Crippen LogP contribution >= 0.6 is 0 Å². The lowest BCUT2D eigenvalue weighted by molar-refractivity contribution is 0.0931. The van der Waals surface area contributed by atoms with Crippen LogP contribution in [-0.4, -0.2) is 47.1 Å². The van der Waals surface area contributed by atoms with E-state index >= 15 is 0 Å². The molecule has 3 heterocycles. The summed E-state index contributed by atoms with van der Waals surface area (Å²) >= 11 is 0. The van der Waals surface area contributed by atoms with Crippen LogP contribution in [-0.2, 0) is 20.0 Å². The molecule has 0 unspecified atom stereocenters. The van der Waals surface area contributed by atoms with Crippen LogP contribution in [0.25, 0.3) is 22.4 Å². The molecule has 0 radical (unpaired) electrons. The van der Waals surface area contributed by atoms with Gasteiger partial charge in [0.25, 0.3) is 11.8 Å². The molecule has 1 aliphatic rings. The van der Waals surface area contributed by atoms with Crippen molar-refractivity contribution in [2.45, 2.75) is 25.4 Å². The Morgan fingerprint density at radius 3 is 2.78 bits per heavy atom. The van der Waals surface area contributed by atoms with Gasteiger partial charge in [-0.25, -0.2) is 14.6 Å². The number of amides is 2. The normalized spacial score (nSPS) is 14.5. The van der Waals surface area contributed by atoms with Gasteiger partial charge in [-0.1, -0.05) is 23.4 Å². The Kier molecular flexibility index (Phi) is 5.60. The van der Waals surface area contributed by atoms with E-state index in [9.17, 15) is 9.59 Å². The molecule has 2 aromatic carbocycles. The summed E-state index contributed by atoms with van der Waals surface area (Å²) in [6.07, 6.45) is 4.42. The molecule has 3 aromatic heterocycles. The summed E-state index contributed by atoms with van der Waals surface area (Å²) in [5.74, 6) is -0.0987. The molecule has 37 heavy (non-hydrogen) atoms. The number of benzene rings is 2. The highest BCUT2D eigenvalue weighted by Crippen LogP contribution is 2.33. The lowest BCUT2D eigenvalue weighted by atomic mass is 10.0. The molecule has 1 aliphatic carbocycles. The lowest BCUT2D eigenvalue weighted by Gasteiger charge is -2.14. The molecule has 0 saturated carbocycles. The molecule has 2 N–H and O–H groups in total. The number of hydrogen-bond acceptors (Lipinski definition) is 9. The van der Waals surface area contributed by atoms with Gasteiger partial charge < -0.3 is 15.2 Å². The second-order valence-corrected chi connectivity index (χ2v) is 8.77. The van der Waals surface area contributed by atoms with Crippen LogP contribution in [0.2, 0.25) is 0 Å². The van der Waals surface area contributed by atoms with Crippen LogP contribution in [0, 0.1) is 0 Å². The van der Waals surface area contributed by atoms with Gasteiger partial charge in [0.1, 0.15) is 17.7 Å². The minimum absolute atomic E-state index is 0.106. The number of nitrogens with one attached hydrogen (secondary N) is 2. The highest BCUT2D eigenvalue weighted by molar-refractivity contribution is 5.97. The van der Waals surface area contributed by atoms with Gasteiger partial charge in [0.2, 0.25) is 0 Å². The molecule has 2 amide bonds. The topological polar surface area (TPSA) is 154 Å². The Hall–Kier alpha value is -5.00. The number of fused-ring (bicyclic) bond motifs is 2. The fraction of sp³-hybridized carbons (Fsp3) is 0.200. The molecular weight excluding hydrogens is 474 g/mol. The second-order valence-electron chi connectivity index (χ2n) is 8.77. The third-order valence-corrected chi connectivity index (χ3v) is 6.41. The van der Waals surface area contributed by atoms with Crippen molar-refractivity contribution in [1.29, 1.82) is 0 Å². The number of rotatable bonds is 6. The fourth-order valence-electron chi connectivity index (χ4n) is 4.51. The number of tetrazole rings is 1. The van der Waals surface area contributed by atoms with E-state index in [-0.39, 0.29) is 29.9 Å². The zero-order valence-electron chi connectivity index (χ0n) is 19.8. The zero-order chi connectivity index (χ0) is 25.4. The number of aromatic nitrogens is 7. The zero-order valence-corrected chi connectivity index (χ0v) is 19.8. The summed E-state index contributed by atoms with van der Waals surface area (Å²) in [5.41, 5.74) is 4.82. The first-order chi connectivity index (χ1) is 18.0. The van der Waals surface area contributed by atoms with Gasteiger partial charge in [-0.15, -0.1) is 5.10 Å². The van der Waals surface area contributed by atoms with E-state index < -0.39 is 5.91 Å². The van der Waals surface area contributed by atoms with Gasteiger partial charge in [0.05, 0.1) is 12.2 Å². The second kappa shape index (κ2) is 9.22. The first kappa shape index (κ1) is 22.5. The summed E-state index contributed by atoms with van der Waals surface area (Å²) in [6, 6.07) is 12.8. The molecule has 12 heteroatoms. The van der Waals surface area contributed by atoms with E-state index in [1.165, 1.54) is 12.4 Å². The maximum absolute atomic E-state index is 13.0. The van der Waals surface area contributed by atoms with Crippen LogP contribution in [0.3, 0.4) is 0 Å². The van der Waals surface area contributed by atoms with Gasteiger partial charge >= 0.3 is 0 Å². The quantitative estimate of drug-likeness (QED) is 0.361. The summed E-state index contributed by atoms with van der Waals surface area (Å²) in [4.78, 5) is 33.8. The van der Waals surface area contributed by atoms with Crippen LogP contribution in [0.4, 0.5) is 0 Å². The summed E-state index contributed by atoms with van der Waals surface area (Å²) < 4.78 is 6.78. The van der Waals surface area contributed by atoms with E-state index in [0.717, 1.165) is 40.5 Å². The van der Waals surface area contributed by atoms with Crippen molar-refractivity contribution < 1.29 is 14.1 Å². The molecule has 5 aromatic rings. The van der Waals surface area contributed by atoms with Gasteiger partial charge in [0.15, 0.2) is 11.4 Å². The number of hydrogen-bond donors (Lipinski definition) is 2. The van der Waals surface area contributed by atoms with Crippen molar-refractivity contribution in [3.63, 3.8) is 0 Å². The van der Waals surface area contributed by atoms with E-state index in [4.69, 9.17) is 4.52 Å². The largest absolute Gasteiger partial charge is 0.356 e. The molecular formula is C25H21N9O3. The molecule has 12 nitrogen and oxygen atoms in total. The van der Waals surface area contributed by atoms with Crippen LogP contribution in [0.1, 0.15) is 50.1 Å². The van der Waals surface area contributed by atoms with Gasteiger partial charge in [0, 0.05) is 30.6 Å². The third-order valence-electron chi connectivity index (χ3n) is 6.41. The van der Waals surface area contributed by atoms with Crippen LogP contribution in [0.15, 0.2) is 59.5 Å². The monoisotopic (exact) mass is 495 g/mol. The van der Waals surface area contributed by atoms with Crippen molar-refractivity contribution in [3.05, 3.63) is 83.1 Å². The first-order valence-electron chi connectivity index (χ1n) is 11.6. The smallest absolute Gasteiger partial charge is 0.270 e. The summed E-state index contributed by atoms with van der Waals surface area (Å²) in [5, 5.41) is 22.1. The number of carbonyl (C=O) groups is 2. The van der Waals surface area contributed by atoms with Gasteiger partial charge in [-0.2, -0.15) is 0 Å². The first-order valence-corrected chi connectivity index (χ1v) is 11.6. The van der Waals surface area contributed by atoms with Crippen LogP contribution in [0.5, 0.6) is 0 Å². The highest BCUT2D eigenvalue weighted by atomic mass is 16.5. The lowest BCUT2D eigenvalue weighted by Crippen LogP contribution is -2.29.